The second-order valence-corrected chi connectivity index (χ2v) is 5.50. The van der Waals surface area contributed by atoms with Crippen LogP contribution in [0.15, 0.2) is 36.4 Å². The van der Waals surface area contributed by atoms with Gasteiger partial charge in [-0.1, -0.05) is 24.3 Å². The molecule has 0 fully saturated rings. The van der Waals surface area contributed by atoms with E-state index in [9.17, 15) is 19.8 Å². The Labute approximate surface area is 137 Å². The van der Waals surface area contributed by atoms with Gasteiger partial charge in [0.1, 0.15) is 24.2 Å². The lowest BCUT2D eigenvalue weighted by Crippen LogP contribution is -2.22. The van der Waals surface area contributed by atoms with Gasteiger partial charge in [-0.25, -0.2) is 0 Å². The van der Waals surface area contributed by atoms with Crippen LogP contribution in [-0.2, 0) is 0 Å². The fraction of sp³-hybridized carbons (Fsp3) is 0.176. The molecule has 1 unspecified atom stereocenters. The number of hydrogen-bond acceptors (Lipinski definition) is 5. The Bertz CT molecular complexity index is 800. The first-order valence-corrected chi connectivity index (χ1v) is 7.48. The molecule has 0 saturated heterocycles. The number of halogens is 1. The van der Waals surface area contributed by atoms with E-state index < -0.39 is 11.9 Å². The minimum absolute atomic E-state index is 0.00170. The topological polar surface area (TPSA) is 83.8 Å². The van der Waals surface area contributed by atoms with Gasteiger partial charge in [-0.05, 0) is 6.07 Å². The molecule has 2 aromatic carbocycles. The Morgan fingerprint density at radius 3 is 2.35 bits per heavy atom. The summed E-state index contributed by atoms with van der Waals surface area (Å²) in [6.07, 6.45) is -0.868. The molecular formula is C17H13ClO5. The van der Waals surface area contributed by atoms with E-state index in [4.69, 9.17) is 16.3 Å². The maximum atomic E-state index is 12.6. The van der Waals surface area contributed by atoms with Gasteiger partial charge in [0.2, 0.25) is 0 Å². The highest BCUT2D eigenvalue weighted by molar-refractivity contribution is 6.29. The van der Waals surface area contributed by atoms with Gasteiger partial charge in [0.25, 0.3) is 0 Å². The summed E-state index contributed by atoms with van der Waals surface area (Å²) in [5.41, 5.74) is 0.622. The number of alkyl halides is 1. The summed E-state index contributed by atoms with van der Waals surface area (Å²) in [6.45, 7) is -0.0829. The predicted octanol–water partition coefficient (Wildman–Crippen LogP) is 2.15. The average molecular weight is 333 g/mol. The van der Waals surface area contributed by atoms with E-state index in [-0.39, 0.29) is 46.5 Å². The number of rotatable bonds is 4. The molecule has 1 aliphatic rings. The van der Waals surface area contributed by atoms with Crippen LogP contribution in [0.4, 0.5) is 0 Å². The summed E-state index contributed by atoms with van der Waals surface area (Å²) in [5.74, 6) is -0.896. The normalized spacial score (nSPS) is 14.2. The Balaban J connectivity index is 2.03. The van der Waals surface area contributed by atoms with E-state index in [1.165, 1.54) is 12.1 Å². The minimum Gasteiger partial charge on any atom is -0.507 e. The van der Waals surface area contributed by atoms with Crippen molar-refractivity contribution in [3.05, 3.63) is 58.7 Å². The van der Waals surface area contributed by atoms with Gasteiger partial charge in [-0.15, -0.1) is 11.6 Å². The Morgan fingerprint density at radius 1 is 1.04 bits per heavy atom. The molecule has 0 spiro atoms. The molecule has 6 heteroatoms. The molecule has 0 amide bonds. The van der Waals surface area contributed by atoms with E-state index in [1.807, 2.05) is 0 Å². The first-order valence-electron chi connectivity index (χ1n) is 6.95. The smallest absolute Gasteiger partial charge is 0.198 e. The van der Waals surface area contributed by atoms with Crippen LogP contribution < -0.4 is 4.74 Å². The first kappa shape index (κ1) is 15.5. The minimum atomic E-state index is -0.868. The van der Waals surface area contributed by atoms with Gasteiger partial charge in [-0.3, -0.25) is 9.59 Å². The summed E-state index contributed by atoms with van der Waals surface area (Å²) in [6, 6.07) is 9.10. The van der Waals surface area contributed by atoms with Crippen molar-refractivity contribution in [2.45, 2.75) is 6.10 Å². The quantitative estimate of drug-likeness (QED) is 0.715. The molecule has 2 aromatic rings. The maximum Gasteiger partial charge on any atom is 0.198 e. The van der Waals surface area contributed by atoms with Crippen LogP contribution in [0.3, 0.4) is 0 Å². The van der Waals surface area contributed by atoms with E-state index >= 15 is 0 Å². The Morgan fingerprint density at radius 2 is 1.70 bits per heavy atom. The zero-order chi connectivity index (χ0) is 16.6. The monoisotopic (exact) mass is 332 g/mol. The molecule has 0 aliphatic heterocycles. The van der Waals surface area contributed by atoms with Gasteiger partial charge < -0.3 is 14.9 Å². The van der Waals surface area contributed by atoms with Crippen LogP contribution in [0.25, 0.3) is 0 Å². The number of phenols is 1. The zero-order valence-corrected chi connectivity index (χ0v) is 12.7. The van der Waals surface area contributed by atoms with E-state index in [0.29, 0.717) is 5.56 Å². The number of fused-ring (bicyclic) bond motifs is 2. The van der Waals surface area contributed by atoms with Crippen LogP contribution in [0, 0.1) is 0 Å². The Hall–Kier alpha value is -2.37. The number of phenolic OH excluding ortho intramolecular Hbond substituents is 1. The number of aliphatic hydroxyl groups excluding tert-OH is 1. The summed E-state index contributed by atoms with van der Waals surface area (Å²) in [4.78, 5) is 25.1. The fourth-order valence-corrected chi connectivity index (χ4v) is 2.59. The van der Waals surface area contributed by atoms with Crippen LogP contribution >= 0.6 is 11.6 Å². The number of carbonyl (C=O) groups excluding carboxylic acids is 2. The lowest BCUT2D eigenvalue weighted by Gasteiger charge is -2.19. The number of hydrogen-bond donors (Lipinski definition) is 2. The van der Waals surface area contributed by atoms with Gasteiger partial charge in [0.05, 0.1) is 11.4 Å². The predicted molar refractivity (Wildman–Crippen MR) is 83.6 cm³/mol. The van der Waals surface area contributed by atoms with Crippen molar-refractivity contribution < 1.29 is 24.5 Å². The second kappa shape index (κ2) is 6.02. The molecule has 0 saturated carbocycles. The highest BCUT2D eigenvalue weighted by atomic mass is 35.5. The van der Waals surface area contributed by atoms with Gasteiger partial charge >= 0.3 is 0 Å². The third-order valence-electron chi connectivity index (χ3n) is 3.60. The molecule has 1 aliphatic carbocycles. The van der Waals surface area contributed by atoms with Crippen molar-refractivity contribution in [1.82, 2.24) is 0 Å². The highest BCUT2D eigenvalue weighted by Crippen LogP contribution is 2.35. The van der Waals surface area contributed by atoms with Crippen LogP contribution in [0.5, 0.6) is 11.5 Å². The van der Waals surface area contributed by atoms with Crippen LogP contribution in [-0.4, -0.2) is 40.4 Å². The maximum absolute atomic E-state index is 12.6. The molecule has 0 aromatic heterocycles. The van der Waals surface area contributed by atoms with E-state index in [0.717, 1.165) is 0 Å². The van der Waals surface area contributed by atoms with Crippen molar-refractivity contribution in [1.29, 1.82) is 0 Å². The number of carbonyl (C=O) groups is 2. The molecule has 23 heavy (non-hydrogen) atoms. The molecule has 5 nitrogen and oxygen atoms in total. The zero-order valence-electron chi connectivity index (χ0n) is 12.0. The standard InChI is InChI=1S/C17H13ClO5/c18-7-9(19)8-23-10-5-13-15(14(20)6-10)17(22)12-4-2-1-3-11(12)16(13)21/h1-6,9,19-20H,7-8H2. The number of aromatic hydroxyl groups is 1. The summed E-state index contributed by atoms with van der Waals surface area (Å²) in [5, 5.41) is 19.5. The van der Waals surface area contributed by atoms with E-state index in [1.54, 1.807) is 24.3 Å². The summed E-state index contributed by atoms with van der Waals surface area (Å²) < 4.78 is 5.32. The average Bonchev–Trinajstić information content (AvgIpc) is 2.57. The number of ether oxygens (including phenoxy) is 1. The van der Waals surface area contributed by atoms with Crippen molar-refractivity contribution in [2.24, 2.45) is 0 Å². The highest BCUT2D eigenvalue weighted by Gasteiger charge is 2.32. The first-order chi connectivity index (χ1) is 11.0. The molecule has 0 bridgehead atoms. The third kappa shape index (κ3) is 2.69. The SMILES string of the molecule is O=C1c2ccccc2C(=O)c2c(O)cc(OCC(O)CCl)cc21. The largest absolute Gasteiger partial charge is 0.507 e. The third-order valence-corrected chi connectivity index (χ3v) is 3.96. The molecule has 3 rings (SSSR count). The van der Waals surface area contributed by atoms with E-state index in [2.05, 4.69) is 0 Å². The van der Waals surface area contributed by atoms with Gasteiger partial charge in [0, 0.05) is 22.8 Å². The van der Waals surface area contributed by atoms with Gasteiger partial charge in [0.15, 0.2) is 11.6 Å². The molecule has 0 radical (unpaired) electrons. The summed E-state index contributed by atoms with van der Waals surface area (Å²) in [7, 11) is 0. The molecule has 118 valence electrons. The Kier molecular flexibility index (Phi) is 4.07. The lowest BCUT2D eigenvalue weighted by atomic mass is 9.83. The van der Waals surface area contributed by atoms with Crippen molar-refractivity contribution in [3.63, 3.8) is 0 Å². The van der Waals surface area contributed by atoms with Crippen LogP contribution in [0.2, 0.25) is 0 Å². The second-order valence-electron chi connectivity index (χ2n) is 5.19. The van der Waals surface area contributed by atoms with Crippen molar-refractivity contribution >= 4 is 23.2 Å². The molecule has 2 N–H and O–H groups in total. The van der Waals surface area contributed by atoms with Crippen LogP contribution in [0.1, 0.15) is 31.8 Å². The molecule has 0 heterocycles. The lowest BCUT2D eigenvalue weighted by molar-refractivity contribution is 0.0975. The fourth-order valence-electron chi connectivity index (χ4n) is 2.50. The van der Waals surface area contributed by atoms with Crippen molar-refractivity contribution in [2.75, 3.05) is 12.5 Å². The summed E-state index contributed by atoms with van der Waals surface area (Å²) >= 11 is 5.49. The number of benzene rings is 2. The molecular weight excluding hydrogens is 320 g/mol. The number of aliphatic hydroxyl groups is 1. The van der Waals surface area contributed by atoms with Crippen molar-refractivity contribution in [3.8, 4) is 11.5 Å². The number of ketones is 2. The molecule has 1 atom stereocenters. The van der Waals surface area contributed by atoms with Gasteiger partial charge in [-0.2, -0.15) is 0 Å².